The van der Waals surface area contributed by atoms with E-state index < -0.39 is 0 Å². The topological polar surface area (TPSA) is 60.0 Å². The van der Waals surface area contributed by atoms with Gasteiger partial charge in [0.25, 0.3) is 5.24 Å². The van der Waals surface area contributed by atoms with Gasteiger partial charge in [0.15, 0.2) is 0 Å². The van der Waals surface area contributed by atoms with Gasteiger partial charge < -0.3 is 24.4 Å². The Hall–Kier alpha value is -0.340. The van der Waals surface area contributed by atoms with Gasteiger partial charge in [0, 0.05) is 25.7 Å². The zero-order valence-electron chi connectivity index (χ0n) is 13.7. The molecule has 0 aromatic carbocycles. The second-order valence-electron chi connectivity index (χ2n) is 5.72. The van der Waals surface area contributed by atoms with Crippen LogP contribution >= 0.6 is 12.6 Å². The van der Waals surface area contributed by atoms with Gasteiger partial charge in [0.2, 0.25) is 0 Å². The molecule has 0 aromatic heterocycles. The van der Waals surface area contributed by atoms with Crippen LogP contribution in [0.2, 0.25) is 0 Å². The van der Waals surface area contributed by atoms with Gasteiger partial charge in [-0.1, -0.05) is 12.6 Å². The lowest BCUT2D eigenvalue weighted by molar-refractivity contribution is 0.0130. The minimum absolute atomic E-state index is 0.128. The van der Waals surface area contributed by atoms with Gasteiger partial charge in [-0.3, -0.25) is 4.79 Å². The quantitative estimate of drug-likeness (QED) is 0.420. The van der Waals surface area contributed by atoms with Crippen LogP contribution in [-0.2, 0) is 14.2 Å². The van der Waals surface area contributed by atoms with Crippen molar-refractivity contribution in [3.63, 3.8) is 0 Å². The number of rotatable bonds is 12. The van der Waals surface area contributed by atoms with E-state index in [0.717, 1.165) is 6.54 Å². The molecule has 126 valence electrons. The first kappa shape index (κ1) is 20.7. The third-order valence-corrected chi connectivity index (χ3v) is 2.88. The Morgan fingerprint density at radius 1 is 1.00 bits per heavy atom. The molecule has 0 spiro atoms. The van der Waals surface area contributed by atoms with E-state index in [1.807, 2.05) is 0 Å². The van der Waals surface area contributed by atoms with Gasteiger partial charge in [0.1, 0.15) is 0 Å². The van der Waals surface area contributed by atoms with Gasteiger partial charge in [-0.25, -0.2) is 0 Å². The van der Waals surface area contributed by atoms with E-state index >= 15 is 0 Å². The molecule has 1 N–H and O–H groups in total. The Bertz CT molecular complexity index is 272. The van der Waals surface area contributed by atoms with E-state index in [2.05, 4.69) is 38.7 Å². The van der Waals surface area contributed by atoms with E-state index in [4.69, 9.17) is 14.2 Å². The van der Waals surface area contributed by atoms with E-state index in [-0.39, 0.29) is 10.8 Å². The molecule has 7 heteroatoms. The monoisotopic (exact) mass is 322 g/mol. The first-order chi connectivity index (χ1) is 9.83. The van der Waals surface area contributed by atoms with E-state index in [1.165, 1.54) is 4.90 Å². The maximum absolute atomic E-state index is 10.8. The Balaban J connectivity index is 3.14. The van der Waals surface area contributed by atoms with Crippen LogP contribution in [0.3, 0.4) is 0 Å². The van der Waals surface area contributed by atoms with E-state index in [0.29, 0.717) is 46.2 Å². The number of thiol groups is 1. The summed E-state index contributed by atoms with van der Waals surface area (Å²) in [7, 11) is 1.68. The van der Waals surface area contributed by atoms with Crippen LogP contribution < -0.4 is 5.32 Å². The van der Waals surface area contributed by atoms with Crippen molar-refractivity contribution < 1.29 is 19.0 Å². The fourth-order valence-corrected chi connectivity index (χ4v) is 1.44. The highest BCUT2D eigenvalue weighted by Gasteiger charge is 2.06. The Morgan fingerprint density at radius 2 is 1.48 bits per heavy atom. The molecule has 0 saturated heterocycles. The summed E-state index contributed by atoms with van der Waals surface area (Å²) in [6.45, 7) is 11.1. The van der Waals surface area contributed by atoms with Crippen molar-refractivity contribution in [2.24, 2.45) is 0 Å². The molecule has 21 heavy (non-hydrogen) atoms. The molecule has 0 heterocycles. The first-order valence-electron chi connectivity index (χ1n) is 7.25. The summed E-state index contributed by atoms with van der Waals surface area (Å²) in [5.41, 5.74) is 0.128. The zero-order valence-corrected chi connectivity index (χ0v) is 14.6. The fraction of sp³-hybridized carbons (Fsp3) is 0.929. The number of hydrogen-bond donors (Lipinski definition) is 2. The maximum Gasteiger partial charge on any atom is 0.278 e. The highest BCUT2D eigenvalue weighted by molar-refractivity contribution is 7.96. The summed E-state index contributed by atoms with van der Waals surface area (Å²) >= 11 is 3.70. The van der Waals surface area contributed by atoms with Gasteiger partial charge in [-0.2, -0.15) is 0 Å². The second kappa shape index (κ2) is 12.2. The second-order valence-corrected chi connectivity index (χ2v) is 6.10. The van der Waals surface area contributed by atoms with Gasteiger partial charge in [0.05, 0.1) is 39.6 Å². The Kier molecular flexibility index (Phi) is 12.0. The Morgan fingerprint density at radius 3 is 1.95 bits per heavy atom. The molecule has 0 fully saturated rings. The van der Waals surface area contributed by atoms with Crippen molar-refractivity contribution in [2.45, 2.75) is 26.3 Å². The SMILES string of the molecule is CN(CCOCCOCCOCCNC(C)(C)C)C(=O)S. The molecular weight excluding hydrogens is 292 g/mol. The summed E-state index contributed by atoms with van der Waals surface area (Å²) in [5.74, 6) is 0. The molecule has 0 bridgehead atoms. The summed E-state index contributed by atoms with van der Waals surface area (Å²) in [6, 6.07) is 0. The van der Waals surface area contributed by atoms with Crippen LogP contribution in [0, 0.1) is 0 Å². The van der Waals surface area contributed by atoms with Gasteiger partial charge >= 0.3 is 0 Å². The average molecular weight is 322 g/mol. The molecule has 0 saturated carbocycles. The number of likely N-dealkylation sites (N-methyl/N-ethyl adjacent to an activating group) is 1. The number of nitrogens with zero attached hydrogens (tertiary/aromatic N) is 1. The summed E-state index contributed by atoms with van der Waals surface area (Å²) < 4.78 is 16.1. The zero-order chi connectivity index (χ0) is 16.1. The summed E-state index contributed by atoms with van der Waals surface area (Å²) in [4.78, 5) is 12.3. The highest BCUT2D eigenvalue weighted by Crippen LogP contribution is 1.96. The van der Waals surface area contributed by atoms with Gasteiger partial charge in [-0.15, -0.1) is 0 Å². The van der Waals surface area contributed by atoms with Crippen LogP contribution in [0.4, 0.5) is 4.79 Å². The van der Waals surface area contributed by atoms with Crippen molar-refractivity contribution >= 4 is 17.9 Å². The van der Waals surface area contributed by atoms with Crippen LogP contribution in [0.15, 0.2) is 0 Å². The lowest BCUT2D eigenvalue weighted by Gasteiger charge is -2.20. The molecule has 0 unspecified atom stereocenters. The largest absolute Gasteiger partial charge is 0.378 e. The van der Waals surface area contributed by atoms with Crippen LogP contribution in [0.25, 0.3) is 0 Å². The third-order valence-electron chi connectivity index (χ3n) is 2.54. The number of nitrogens with one attached hydrogen (secondary N) is 1. The normalized spacial score (nSPS) is 11.7. The Labute approximate surface area is 133 Å². The number of carbonyl (C=O) groups is 1. The van der Waals surface area contributed by atoms with Crippen molar-refractivity contribution in [3.8, 4) is 0 Å². The number of amides is 1. The van der Waals surface area contributed by atoms with Crippen LogP contribution in [0.1, 0.15) is 20.8 Å². The number of hydrogen-bond acceptors (Lipinski definition) is 5. The molecule has 0 atom stereocenters. The summed E-state index contributed by atoms with van der Waals surface area (Å²) in [5, 5.41) is 3.09. The van der Waals surface area contributed by atoms with E-state index in [9.17, 15) is 4.79 Å². The van der Waals surface area contributed by atoms with Crippen LogP contribution in [-0.4, -0.2) is 75.5 Å². The van der Waals surface area contributed by atoms with Crippen molar-refractivity contribution in [1.82, 2.24) is 10.2 Å². The smallest absolute Gasteiger partial charge is 0.278 e. The third kappa shape index (κ3) is 15.9. The lowest BCUT2D eigenvalue weighted by atomic mass is 10.1. The predicted octanol–water partition coefficient (Wildman–Crippen LogP) is 1.41. The molecule has 0 aliphatic heterocycles. The number of ether oxygens (including phenoxy) is 3. The molecule has 0 aliphatic carbocycles. The molecule has 0 aliphatic rings. The highest BCUT2D eigenvalue weighted by atomic mass is 32.1. The molecule has 6 nitrogen and oxygen atoms in total. The minimum atomic E-state index is -0.257. The first-order valence-corrected chi connectivity index (χ1v) is 7.70. The molecule has 1 amide bonds. The van der Waals surface area contributed by atoms with Crippen molar-refractivity contribution in [3.05, 3.63) is 0 Å². The van der Waals surface area contributed by atoms with Crippen molar-refractivity contribution in [1.29, 1.82) is 0 Å². The molecule has 0 aromatic rings. The fourth-order valence-electron chi connectivity index (χ4n) is 1.34. The molecule has 0 radical (unpaired) electrons. The average Bonchev–Trinajstić information content (AvgIpc) is 2.38. The predicted molar refractivity (Wildman–Crippen MR) is 87.2 cm³/mol. The van der Waals surface area contributed by atoms with E-state index in [1.54, 1.807) is 7.05 Å². The number of carbonyl (C=O) groups excluding carboxylic acids is 1. The molecular formula is C14H30N2O4S. The standard InChI is InChI=1S/C14H30N2O4S/c1-14(2,3)15-5-7-18-9-11-20-12-10-19-8-6-16(4)13(17)21/h15H,5-12H2,1-4H3,(H,17,21). The molecule has 0 rings (SSSR count). The maximum atomic E-state index is 10.8. The van der Waals surface area contributed by atoms with Crippen molar-refractivity contribution in [2.75, 3.05) is 59.8 Å². The minimum Gasteiger partial charge on any atom is -0.378 e. The van der Waals surface area contributed by atoms with Crippen LogP contribution in [0.5, 0.6) is 0 Å². The van der Waals surface area contributed by atoms with Gasteiger partial charge in [-0.05, 0) is 20.8 Å². The lowest BCUT2D eigenvalue weighted by Crippen LogP contribution is -2.38. The summed E-state index contributed by atoms with van der Waals surface area (Å²) in [6.07, 6.45) is 0.